The summed E-state index contributed by atoms with van der Waals surface area (Å²) < 4.78 is 0. The van der Waals surface area contributed by atoms with Gasteiger partial charge in [0.15, 0.2) is 0 Å². The average Bonchev–Trinajstić information content (AvgIpc) is 2.48. The largest absolute Gasteiger partial charge is 0.384 e. The third kappa shape index (κ3) is 3.21. The lowest BCUT2D eigenvalue weighted by Crippen LogP contribution is -2.10. The molecule has 20 heavy (non-hydrogen) atoms. The van der Waals surface area contributed by atoms with Gasteiger partial charge in [-0.05, 0) is 36.4 Å². The molecule has 2 aromatic carbocycles. The number of nitrogens with one attached hydrogen (secondary N) is 2. The van der Waals surface area contributed by atoms with E-state index >= 15 is 0 Å². The smallest absolute Gasteiger partial charge is 0.122 e. The van der Waals surface area contributed by atoms with Crippen molar-refractivity contribution in [1.82, 2.24) is 0 Å². The molecule has 0 atom stereocenters. The second-order valence-electron chi connectivity index (χ2n) is 3.96. The normalized spacial score (nSPS) is 10.2. The molecule has 0 amide bonds. The van der Waals surface area contributed by atoms with Crippen molar-refractivity contribution in [3.05, 3.63) is 59.7 Å². The fourth-order valence-corrected chi connectivity index (χ4v) is 1.55. The van der Waals surface area contributed by atoms with E-state index < -0.39 is 0 Å². The van der Waals surface area contributed by atoms with Gasteiger partial charge in [-0.15, -0.1) is 11.5 Å². The predicted octanol–water partition coefficient (Wildman–Crippen LogP) is 3.06. The third-order valence-corrected chi connectivity index (χ3v) is 2.60. The molecule has 0 heterocycles. The van der Waals surface area contributed by atoms with Crippen molar-refractivity contribution >= 4 is 17.2 Å². The molecule has 0 aliphatic heterocycles. The van der Waals surface area contributed by atoms with Gasteiger partial charge in [0.25, 0.3) is 0 Å². The number of terminal acetylenes is 1. The summed E-state index contributed by atoms with van der Waals surface area (Å²) in [6.07, 6.45) is 5.38. The Balaban J connectivity index is 2.07. The maximum absolute atomic E-state index is 7.29. The van der Waals surface area contributed by atoms with Gasteiger partial charge < -0.3 is 5.73 Å². The van der Waals surface area contributed by atoms with Gasteiger partial charge in [-0.3, -0.25) is 10.8 Å². The van der Waals surface area contributed by atoms with Crippen LogP contribution in [0, 0.1) is 17.8 Å². The van der Waals surface area contributed by atoms with E-state index in [0.717, 1.165) is 11.3 Å². The van der Waals surface area contributed by atoms with Gasteiger partial charge in [0.2, 0.25) is 0 Å². The molecule has 0 aromatic heterocycles. The van der Waals surface area contributed by atoms with E-state index in [-0.39, 0.29) is 5.84 Å². The van der Waals surface area contributed by atoms with E-state index in [1.54, 1.807) is 24.3 Å². The van der Waals surface area contributed by atoms with Crippen LogP contribution >= 0.6 is 0 Å². The van der Waals surface area contributed by atoms with Crippen molar-refractivity contribution in [3.63, 3.8) is 0 Å². The molecule has 0 aliphatic rings. The molecule has 0 bridgehead atoms. The summed E-state index contributed by atoms with van der Waals surface area (Å²) in [5.74, 6) is 2.59. The lowest BCUT2D eigenvalue weighted by Gasteiger charge is -2.02. The maximum atomic E-state index is 7.29. The van der Waals surface area contributed by atoms with Crippen LogP contribution in [0.1, 0.15) is 11.1 Å². The fraction of sp³-hybridized carbons (Fsp3) is 0. The Labute approximate surface area is 117 Å². The molecule has 2 aromatic rings. The van der Waals surface area contributed by atoms with Gasteiger partial charge in [0, 0.05) is 11.1 Å². The van der Waals surface area contributed by atoms with Crippen molar-refractivity contribution in [1.29, 1.82) is 5.41 Å². The quantitative estimate of drug-likeness (QED) is 0.260. The fourth-order valence-electron chi connectivity index (χ4n) is 1.55. The Kier molecular flexibility index (Phi) is 4.10. The van der Waals surface area contributed by atoms with E-state index in [9.17, 15) is 0 Å². The highest BCUT2D eigenvalue weighted by molar-refractivity contribution is 5.95. The summed E-state index contributed by atoms with van der Waals surface area (Å²) in [5.41, 5.74) is 10.9. The number of nitrogen functional groups attached to an aromatic ring is 1. The number of rotatable bonds is 4. The zero-order valence-electron chi connectivity index (χ0n) is 10.7. The number of hydrogen-bond acceptors (Lipinski definition) is 3. The molecule has 0 spiro atoms. The Bertz CT molecular complexity index is 680. The standard InChI is InChI=1S/C15H13N5/c1-2-11-5-3-4-6-14(11)19-20-18-13-9-7-12(8-10-13)15(16)17/h1,3-10H,(H3,16,17)(H,18,19). The van der Waals surface area contributed by atoms with Gasteiger partial charge in [-0.1, -0.05) is 23.3 Å². The second-order valence-corrected chi connectivity index (χ2v) is 3.96. The van der Waals surface area contributed by atoms with Crippen LogP contribution in [0.15, 0.2) is 58.9 Å². The van der Waals surface area contributed by atoms with Gasteiger partial charge in [0.1, 0.15) is 5.84 Å². The van der Waals surface area contributed by atoms with Gasteiger partial charge in [0.05, 0.1) is 11.4 Å². The Morgan fingerprint density at radius 1 is 1.15 bits per heavy atom. The van der Waals surface area contributed by atoms with Gasteiger partial charge in [-0.2, -0.15) is 0 Å². The summed E-state index contributed by atoms with van der Waals surface area (Å²) >= 11 is 0. The molecular weight excluding hydrogens is 250 g/mol. The minimum Gasteiger partial charge on any atom is -0.384 e. The first kappa shape index (κ1) is 13.3. The van der Waals surface area contributed by atoms with E-state index in [0.29, 0.717) is 11.3 Å². The lowest BCUT2D eigenvalue weighted by atomic mass is 10.2. The van der Waals surface area contributed by atoms with Crippen LogP contribution in [0.3, 0.4) is 0 Å². The molecule has 0 fully saturated rings. The maximum Gasteiger partial charge on any atom is 0.122 e. The summed E-state index contributed by atoms with van der Waals surface area (Å²) in [4.78, 5) is 0. The first-order valence-electron chi connectivity index (χ1n) is 5.87. The highest BCUT2D eigenvalue weighted by Gasteiger charge is 1.97. The van der Waals surface area contributed by atoms with Crippen LogP contribution < -0.4 is 11.2 Å². The van der Waals surface area contributed by atoms with Crippen molar-refractivity contribution in [2.24, 2.45) is 16.1 Å². The molecule has 0 radical (unpaired) electrons. The van der Waals surface area contributed by atoms with Crippen molar-refractivity contribution in [3.8, 4) is 12.3 Å². The van der Waals surface area contributed by atoms with E-state index in [1.807, 2.05) is 24.3 Å². The van der Waals surface area contributed by atoms with Gasteiger partial charge in [-0.25, -0.2) is 0 Å². The molecule has 0 saturated carbocycles. The monoisotopic (exact) mass is 263 g/mol. The van der Waals surface area contributed by atoms with Crippen LogP contribution in [0.25, 0.3) is 0 Å². The van der Waals surface area contributed by atoms with E-state index in [2.05, 4.69) is 21.7 Å². The highest BCUT2D eigenvalue weighted by Crippen LogP contribution is 2.16. The van der Waals surface area contributed by atoms with Crippen LogP contribution in [0.5, 0.6) is 0 Å². The minimum absolute atomic E-state index is 0.0227. The van der Waals surface area contributed by atoms with Crippen LogP contribution in [-0.4, -0.2) is 5.84 Å². The number of benzene rings is 2. The molecular formula is C15H13N5. The van der Waals surface area contributed by atoms with E-state index in [1.165, 1.54) is 0 Å². The number of para-hydroxylation sites is 1. The summed E-state index contributed by atoms with van der Waals surface area (Å²) in [6, 6.07) is 14.3. The Morgan fingerprint density at radius 3 is 2.50 bits per heavy atom. The lowest BCUT2D eigenvalue weighted by molar-refractivity contribution is 1.13. The van der Waals surface area contributed by atoms with Crippen molar-refractivity contribution in [2.45, 2.75) is 0 Å². The molecule has 98 valence electrons. The molecule has 0 unspecified atom stereocenters. The number of amidine groups is 1. The molecule has 5 heteroatoms. The van der Waals surface area contributed by atoms with Gasteiger partial charge >= 0.3 is 0 Å². The molecule has 2 rings (SSSR count). The summed E-state index contributed by atoms with van der Waals surface area (Å²) in [5, 5.41) is 15.2. The van der Waals surface area contributed by atoms with Crippen LogP contribution in [0.2, 0.25) is 0 Å². The zero-order chi connectivity index (χ0) is 14.4. The molecule has 0 aliphatic carbocycles. The molecule has 4 N–H and O–H groups in total. The van der Waals surface area contributed by atoms with Crippen LogP contribution in [0.4, 0.5) is 11.4 Å². The Hall–Kier alpha value is -3.13. The number of hydrogen-bond donors (Lipinski definition) is 3. The second kappa shape index (κ2) is 6.16. The van der Waals surface area contributed by atoms with Crippen LogP contribution in [-0.2, 0) is 0 Å². The predicted molar refractivity (Wildman–Crippen MR) is 80.0 cm³/mol. The number of anilines is 1. The summed E-state index contributed by atoms with van der Waals surface area (Å²) in [7, 11) is 0. The van der Waals surface area contributed by atoms with E-state index in [4.69, 9.17) is 17.6 Å². The zero-order valence-corrected chi connectivity index (χ0v) is 10.7. The molecule has 0 saturated heterocycles. The first-order chi connectivity index (χ1) is 9.70. The van der Waals surface area contributed by atoms with Crippen molar-refractivity contribution in [2.75, 3.05) is 5.43 Å². The third-order valence-electron chi connectivity index (χ3n) is 2.60. The topological polar surface area (TPSA) is 86.6 Å². The number of nitrogens with zero attached hydrogens (tertiary/aromatic N) is 2. The molecule has 5 nitrogen and oxygen atoms in total. The summed E-state index contributed by atoms with van der Waals surface area (Å²) in [6.45, 7) is 0. The highest BCUT2D eigenvalue weighted by atomic mass is 15.4. The first-order valence-corrected chi connectivity index (χ1v) is 5.87. The minimum atomic E-state index is 0.0227. The SMILES string of the molecule is C#Cc1ccccc1N/N=N/c1ccc(C(=N)N)cc1. The Morgan fingerprint density at radius 2 is 1.85 bits per heavy atom. The average molecular weight is 263 g/mol. The number of nitrogens with two attached hydrogens (primary N) is 1. The van der Waals surface area contributed by atoms with Crippen molar-refractivity contribution < 1.29 is 0 Å².